The van der Waals surface area contributed by atoms with Crippen LogP contribution in [-0.2, 0) is 14.8 Å². The molecule has 0 heterocycles. The molecule has 10 heteroatoms. The number of benzene rings is 2. The molecule has 0 spiro atoms. The van der Waals surface area contributed by atoms with Gasteiger partial charge in [-0.2, -0.15) is 0 Å². The highest BCUT2D eigenvalue weighted by molar-refractivity contribution is 7.92. The fraction of sp³-hybridized carbons (Fsp3) is 0.222. The van der Waals surface area contributed by atoms with E-state index < -0.39 is 15.9 Å². The van der Waals surface area contributed by atoms with Crippen molar-refractivity contribution in [1.29, 1.82) is 0 Å². The predicted octanol–water partition coefficient (Wildman–Crippen LogP) is 2.99. The van der Waals surface area contributed by atoms with Crippen molar-refractivity contribution in [3.05, 3.63) is 47.0 Å². The first-order valence-electron chi connectivity index (χ1n) is 8.14. The van der Waals surface area contributed by atoms with Crippen LogP contribution in [0.4, 0.5) is 22.7 Å². The Labute approximate surface area is 168 Å². The second-order valence-electron chi connectivity index (χ2n) is 6.33. The summed E-state index contributed by atoms with van der Waals surface area (Å²) in [6.45, 7) is 1.33. The minimum absolute atomic E-state index is 0.0458. The lowest BCUT2D eigenvalue weighted by atomic mass is 10.1. The van der Waals surface area contributed by atoms with Crippen molar-refractivity contribution >= 4 is 56.2 Å². The second-order valence-corrected chi connectivity index (χ2v) is 8.49. The van der Waals surface area contributed by atoms with Crippen LogP contribution in [0, 0.1) is 0 Å². The Morgan fingerprint density at radius 1 is 1.00 bits per heavy atom. The van der Waals surface area contributed by atoms with E-state index in [4.69, 9.17) is 11.6 Å². The van der Waals surface area contributed by atoms with E-state index in [0.29, 0.717) is 16.4 Å². The van der Waals surface area contributed by atoms with E-state index in [1.54, 1.807) is 18.2 Å². The van der Waals surface area contributed by atoms with E-state index in [9.17, 15) is 18.0 Å². The van der Waals surface area contributed by atoms with Crippen molar-refractivity contribution in [2.45, 2.75) is 6.92 Å². The molecule has 0 bridgehead atoms. The third kappa shape index (κ3) is 5.86. The Morgan fingerprint density at radius 2 is 1.61 bits per heavy atom. The molecule has 0 aliphatic rings. The third-order valence-corrected chi connectivity index (χ3v) is 4.46. The van der Waals surface area contributed by atoms with E-state index >= 15 is 0 Å². The molecule has 0 fully saturated rings. The molecule has 0 aliphatic carbocycles. The van der Waals surface area contributed by atoms with Crippen LogP contribution < -0.4 is 20.3 Å². The largest absolute Gasteiger partial charge is 0.376 e. The van der Waals surface area contributed by atoms with Gasteiger partial charge in [-0.05, 0) is 36.4 Å². The lowest BCUT2D eigenvalue weighted by molar-refractivity contribution is -0.114. The first-order chi connectivity index (χ1) is 13.0. The Bertz CT molecular complexity index is 1020. The maximum Gasteiger partial charge on any atom is 0.257 e. The molecule has 0 aliphatic heterocycles. The maximum absolute atomic E-state index is 12.8. The summed E-state index contributed by atoms with van der Waals surface area (Å²) in [6, 6.07) is 9.32. The summed E-state index contributed by atoms with van der Waals surface area (Å²) in [6.07, 6.45) is 0.982. The number of carbonyl (C=O) groups is 2. The van der Waals surface area contributed by atoms with Gasteiger partial charge in [-0.25, -0.2) is 8.42 Å². The van der Waals surface area contributed by atoms with Gasteiger partial charge in [0.2, 0.25) is 15.9 Å². The number of rotatable bonds is 6. The van der Waals surface area contributed by atoms with Gasteiger partial charge in [0, 0.05) is 32.4 Å². The topological polar surface area (TPSA) is 108 Å². The monoisotopic (exact) mass is 424 g/mol. The SMILES string of the molecule is CC(=O)Nc1ccc(NS(C)(=O)=O)c(C(=O)Nc2ccc(N(C)C)c(Cl)c2)c1. The number of nitrogens with zero attached hydrogens (tertiary/aromatic N) is 1. The van der Waals surface area contributed by atoms with Crippen molar-refractivity contribution in [3.63, 3.8) is 0 Å². The summed E-state index contributed by atoms with van der Waals surface area (Å²) >= 11 is 6.22. The van der Waals surface area contributed by atoms with Gasteiger partial charge in [-0.3, -0.25) is 14.3 Å². The van der Waals surface area contributed by atoms with E-state index in [1.165, 1.54) is 25.1 Å². The van der Waals surface area contributed by atoms with E-state index in [0.717, 1.165) is 11.9 Å². The zero-order valence-corrected chi connectivity index (χ0v) is 17.4. The fourth-order valence-electron chi connectivity index (χ4n) is 2.45. The second kappa shape index (κ2) is 8.49. The minimum Gasteiger partial charge on any atom is -0.376 e. The first kappa shape index (κ1) is 21.5. The van der Waals surface area contributed by atoms with Crippen LogP contribution in [0.25, 0.3) is 0 Å². The summed E-state index contributed by atoms with van der Waals surface area (Å²) in [5.74, 6) is -0.881. The summed E-state index contributed by atoms with van der Waals surface area (Å²) in [5, 5.41) is 5.69. The lowest BCUT2D eigenvalue weighted by Gasteiger charge is -2.16. The average molecular weight is 425 g/mol. The average Bonchev–Trinajstić information content (AvgIpc) is 2.54. The normalized spacial score (nSPS) is 10.9. The van der Waals surface area contributed by atoms with Crippen LogP contribution in [0.2, 0.25) is 5.02 Å². The molecule has 2 amide bonds. The quantitative estimate of drug-likeness (QED) is 0.660. The van der Waals surface area contributed by atoms with Crippen LogP contribution in [0.5, 0.6) is 0 Å². The third-order valence-electron chi connectivity index (χ3n) is 3.57. The highest BCUT2D eigenvalue weighted by atomic mass is 35.5. The van der Waals surface area contributed by atoms with Crippen molar-refractivity contribution in [3.8, 4) is 0 Å². The number of hydrogen-bond donors (Lipinski definition) is 3. The molecule has 0 saturated heterocycles. The standard InChI is InChI=1S/C18H21ClN4O4S/c1-11(24)20-12-5-7-16(22-28(4,26)27)14(9-12)18(25)21-13-6-8-17(23(2)3)15(19)10-13/h5-10,22H,1-4H3,(H,20,24)(H,21,25). The minimum atomic E-state index is -3.61. The molecule has 2 rings (SSSR count). The summed E-state index contributed by atoms with van der Waals surface area (Å²) in [5.41, 5.74) is 1.72. The summed E-state index contributed by atoms with van der Waals surface area (Å²) in [4.78, 5) is 25.9. The number of amides is 2. The van der Waals surface area contributed by atoms with Gasteiger partial charge in [0.05, 0.1) is 28.2 Å². The molecule has 0 atom stereocenters. The van der Waals surface area contributed by atoms with Gasteiger partial charge < -0.3 is 15.5 Å². The van der Waals surface area contributed by atoms with Crippen LogP contribution in [0.15, 0.2) is 36.4 Å². The summed E-state index contributed by atoms with van der Waals surface area (Å²) < 4.78 is 25.5. The van der Waals surface area contributed by atoms with Gasteiger partial charge in [0.1, 0.15) is 0 Å². The fourth-order valence-corrected chi connectivity index (χ4v) is 3.37. The van der Waals surface area contributed by atoms with Crippen molar-refractivity contribution in [2.75, 3.05) is 40.6 Å². The number of nitrogens with one attached hydrogen (secondary N) is 3. The lowest BCUT2D eigenvalue weighted by Crippen LogP contribution is -2.18. The highest BCUT2D eigenvalue weighted by Gasteiger charge is 2.16. The highest BCUT2D eigenvalue weighted by Crippen LogP contribution is 2.28. The van der Waals surface area contributed by atoms with Gasteiger partial charge in [0.15, 0.2) is 0 Å². The van der Waals surface area contributed by atoms with Crippen LogP contribution >= 0.6 is 11.6 Å². The Morgan fingerprint density at radius 3 is 2.14 bits per heavy atom. The molecular weight excluding hydrogens is 404 g/mol. The van der Waals surface area contributed by atoms with Crippen LogP contribution in [0.1, 0.15) is 17.3 Å². The van der Waals surface area contributed by atoms with Gasteiger partial charge in [-0.15, -0.1) is 0 Å². The van der Waals surface area contributed by atoms with E-state index in [-0.39, 0.29) is 17.2 Å². The van der Waals surface area contributed by atoms with E-state index in [2.05, 4.69) is 15.4 Å². The Balaban J connectivity index is 2.38. The number of carbonyl (C=O) groups excluding carboxylic acids is 2. The van der Waals surface area contributed by atoms with Gasteiger partial charge in [-0.1, -0.05) is 11.6 Å². The van der Waals surface area contributed by atoms with Crippen molar-refractivity contribution < 1.29 is 18.0 Å². The molecule has 28 heavy (non-hydrogen) atoms. The molecule has 0 aromatic heterocycles. The molecule has 0 radical (unpaired) electrons. The van der Waals surface area contributed by atoms with Crippen molar-refractivity contribution in [2.24, 2.45) is 0 Å². The number of hydrogen-bond acceptors (Lipinski definition) is 5. The summed E-state index contributed by atoms with van der Waals surface area (Å²) in [7, 11) is 0.0790. The van der Waals surface area contributed by atoms with Crippen LogP contribution in [-0.4, -0.2) is 40.6 Å². The zero-order valence-electron chi connectivity index (χ0n) is 15.8. The molecule has 3 N–H and O–H groups in total. The van der Waals surface area contributed by atoms with E-state index in [1.807, 2.05) is 19.0 Å². The van der Waals surface area contributed by atoms with Gasteiger partial charge >= 0.3 is 0 Å². The van der Waals surface area contributed by atoms with Crippen LogP contribution in [0.3, 0.4) is 0 Å². The predicted molar refractivity (Wildman–Crippen MR) is 113 cm³/mol. The molecule has 2 aromatic carbocycles. The van der Waals surface area contributed by atoms with Gasteiger partial charge in [0.25, 0.3) is 5.91 Å². The molecule has 150 valence electrons. The van der Waals surface area contributed by atoms with Crippen molar-refractivity contribution in [1.82, 2.24) is 0 Å². The first-order valence-corrected chi connectivity index (χ1v) is 10.4. The molecule has 2 aromatic rings. The molecule has 0 unspecified atom stereocenters. The Kier molecular flexibility index (Phi) is 6.52. The number of sulfonamides is 1. The number of anilines is 4. The smallest absolute Gasteiger partial charge is 0.257 e. The Hall–Kier alpha value is -2.78. The molecule has 8 nitrogen and oxygen atoms in total. The maximum atomic E-state index is 12.8. The number of halogens is 1. The molecular formula is C18H21ClN4O4S. The molecule has 0 saturated carbocycles. The zero-order chi connectivity index (χ0) is 21.1.